The van der Waals surface area contributed by atoms with E-state index in [4.69, 9.17) is 14.6 Å². The normalized spacial score (nSPS) is 12.6. The van der Waals surface area contributed by atoms with Crippen molar-refractivity contribution in [2.24, 2.45) is 5.92 Å². The third-order valence-corrected chi connectivity index (χ3v) is 2.75. The van der Waals surface area contributed by atoms with Crippen molar-refractivity contribution >= 4 is 5.97 Å². The van der Waals surface area contributed by atoms with Crippen LogP contribution in [-0.2, 0) is 20.9 Å². The van der Waals surface area contributed by atoms with Crippen LogP contribution >= 0.6 is 0 Å². The molecule has 0 spiro atoms. The van der Waals surface area contributed by atoms with Crippen LogP contribution in [0.25, 0.3) is 0 Å². The number of rotatable bonds is 9. The number of hydrogen-bond donors (Lipinski definition) is 1. The Balaban J connectivity index is 2.23. The van der Waals surface area contributed by atoms with Crippen molar-refractivity contribution in [3.63, 3.8) is 0 Å². The lowest BCUT2D eigenvalue weighted by Gasteiger charge is -2.14. The molecular weight excluding hydrogens is 244 g/mol. The molecule has 0 saturated heterocycles. The molecule has 4 nitrogen and oxygen atoms in total. The summed E-state index contributed by atoms with van der Waals surface area (Å²) in [7, 11) is 0. The molecule has 1 aromatic carbocycles. The summed E-state index contributed by atoms with van der Waals surface area (Å²) >= 11 is 0. The van der Waals surface area contributed by atoms with E-state index >= 15 is 0 Å². The second kappa shape index (κ2) is 8.67. The maximum atomic E-state index is 11.0. The molecule has 106 valence electrons. The highest BCUT2D eigenvalue weighted by molar-refractivity contribution is 5.72. The Hall–Kier alpha value is -1.39. The summed E-state index contributed by atoms with van der Waals surface area (Å²) < 4.78 is 10.6. The monoisotopic (exact) mass is 266 g/mol. The molecule has 1 rings (SSSR count). The fraction of sp³-hybridized carbons (Fsp3) is 0.533. The molecule has 1 unspecified atom stereocenters. The van der Waals surface area contributed by atoms with Gasteiger partial charge < -0.3 is 14.6 Å². The second-order valence-electron chi connectivity index (χ2n) is 4.92. The molecule has 0 aliphatic carbocycles. The zero-order valence-corrected chi connectivity index (χ0v) is 11.5. The van der Waals surface area contributed by atoms with E-state index in [0.29, 0.717) is 18.9 Å². The highest BCUT2D eigenvalue weighted by Gasteiger charge is 2.18. The molecule has 0 fully saturated rings. The Morgan fingerprint density at radius 1 is 1.21 bits per heavy atom. The molecule has 0 amide bonds. The highest BCUT2D eigenvalue weighted by Crippen LogP contribution is 2.10. The molecule has 0 heterocycles. The summed E-state index contributed by atoms with van der Waals surface area (Å²) in [5.41, 5.74) is 1.04. The van der Waals surface area contributed by atoms with Gasteiger partial charge in [-0.25, -0.2) is 4.79 Å². The second-order valence-corrected chi connectivity index (χ2v) is 4.92. The van der Waals surface area contributed by atoms with Crippen molar-refractivity contribution in [2.75, 3.05) is 6.79 Å². The topological polar surface area (TPSA) is 55.8 Å². The first kappa shape index (κ1) is 15.7. The largest absolute Gasteiger partial charge is 0.479 e. The molecule has 0 aromatic heterocycles. The van der Waals surface area contributed by atoms with Crippen LogP contribution in [0.1, 0.15) is 32.3 Å². The van der Waals surface area contributed by atoms with Gasteiger partial charge in [0.25, 0.3) is 0 Å². The van der Waals surface area contributed by atoms with Crippen LogP contribution in [0.2, 0.25) is 0 Å². The van der Waals surface area contributed by atoms with Crippen LogP contribution in [0, 0.1) is 5.92 Å². The van der Waals surface area contributed by atoms with E-state index in [1.807, 2.05) is 30.3 Å². The van der Waals surface area contributed by atoms with E-state index in [2.05, 4.69) is 13.8 Å². The van der Waals surface area contributed by atoms with E-state index in [1.54, 1.807) is 0 Å². The van der Waals surface area contributed by atoms with E-state index in [1.165, 1.54) is 0 Å². The van der Waals surface area contributed by atoms with Gasteiger partial charge in [0, 0.05) is 0 Å². The summed E-state index contributed by atoms with van der Waals surface area (Å²) in [6.45, 7) is 4.55. The number of ether oxygens (including phenoxy) is 2. The summed E-state index contributed by atoms with van der Waals surface area (Å²) in [4.78, 5) is 11.0. The van der Waals surface area contributed by atoms with Gasteiger partial charge in [0.1, 0.15) is 6.79 Å². The molecule has 0 radical (unpaired) electrons. The molecular formula is C15H22O4. The molecule has 0 bridgehead atoms. The SMILES string of the molecule is CC(C)CCC(OCOCc1ccccc1)C(=O)O. The first-order chi connectivity index (χ1) is 9.09. The van der Waals surface area contributed by atoms with Crippen LogP contribution in [0.5, 0.6) is 0 Å². The summed E-state index contributed by atoms with van der Waals surface area (Å²) in [6, 6.07) is 9.71. The van der Waals surface area contributed by atoms with Gasteiger partial charge >= 0.3 is 5.97 Å². The number of benzene rings is 1. The standard InChI is InChI=1S/C15H22O4/c1-12(2)8-9-14(15(16)17)19-11-18-10-13-6-4-3-5-7-13/h3-7,12,14H,8-11H2,1-2H3,(H,16,17). The molecule has 19 heavy (non-hydrogen) atoms. The van der Waals surface area contributed by atoms with Crippen molar-refractivity contribution < 1.29 is 19.4 Å². The van der Waals surface area contributed by atoms with Crippen molar-refractivity contribution in [3.05, 3.63) is 35.9 Å². The molecule has 1 N–H and O–H groups in total. The minimum Gasteiger partial charge on any atom is -0.479 e. The third kappa shape index (κ3) is 6.94. The van der Waals surface area contributed by atoms with E-state index < -0.39 is 12.1 Å². The van der Waals surface area contributed by atoms with Gasteiger partial charge in [0.05, 0.1) is 6.61 Å². The van der Waals surface area contributed by atoms with Crippen LogP contribution in [-0.4, -0.2) is 24.0 Å². The predicted molar refractivity (Wildman–Crippen MR) is 72.7 cm³/mol. The number of carboxylic acids is 1. The number of carbonyl (C=O) groups is 1. The Kier molecular flexibility index (Phi) is 7.15. The van der Waals surface area contributed by atoms with Crippen molar-refractivity contribution in [1.82, 2.24) is 0 Å². The minimum atomic E-state index is -0.927. The third-order valence-electron chi connectivity index (χ3n) is 2.75. The Bertz CT molecular complexity index is 362. The molecule has 1 aromatic rings. The van der Waals surface area contributed by atoms with Gasteiger partial charge in [-0.15, -0.1) is 0 Å². The summed E-state index contributed by atoms with van der Waals surface area (Å²) in [5.74, 6) is -0.459. The summed E-state index contributed by atoms with van der Waals surface area (Å²) in [5, 5.41) is 9.02. The van der Waals surface area contributed by atoms with Gasteiger partial charge in [-0.3, -0.25) is 0 Å². The van der Waals surface area contributed by atoms with Gasteiger partial charge in [-0.2, -0.15) is 0 Å². The molecule has 0 saturated carbocycles. The first-order valence-corrected chi connectivity index (χ1v) is 6.55. The molecule has 1 atom stereocenters. The maximum Gasteiger partial charge on any atom is 0.332 e. The average Bonchev–Trinajstić information content (AvgIpc) is 2.38. The Labute approximate surface area is 114 Å². The van der Waals surface area contributed by atoms with Crippen LogP contribution in [0.3, 0.4) is 0 Å². The van der Waals surface area contributed by atoms with Gasteiger partial charge in [0.2, 0.25) is 0 Å². The van der Waals surface area contributed by atoms with Gasteiger partial charge in [0.15, 0.2) is 6.10 Å². The average molecular weight is 266 g/mol. The van der Waals surface area contributed by atoms with Crippen LogP contribution in [0.4, 0.5) is 0 Å². The molecule has 0 aliphatic heterocycles. The fourth-order valence-electron chi connectivity index (χ4n) is 1.63. The Morgan fingerprint density at radius 3 is 2.47 bits per heavy atom. The predicted octanol–water partition coefficient (Wildman–Crippen LogP) is 3.07. The Morgan fingerprint density at radius 2 is 1.89 bits per heavy atom. The molecule has 0 aliphatic rings. The van der Waals surface area contributed by atoms with Crippen molar-refractivity contribution in [2.45, 2.75) is 39.4 Å². The lowest BCUT2D eigenvalue weighted by atomic mass is 10.1. The van der Waals surface area contributed by atoms with Crippen LogP contribution in [0.15, 0.2) is 30.3 Å². The lowest BCUT2D eigenvalue weighted by molar-refractivity contribution is -0.162. The maximum absolute atomic E-state index is 11.0. The minimum absolute atomic E-state index is 0.00392. The van der Waals surface area contributed by atoms with Gasteiger partial charge in [-0.05, 0) is 24.3 Å². The fourth-order valence-corrected chi connectivity index (χ4v) is 1.63. The quantitative estimate of drug-likeness (QED) is 0.551. The summed E-state index contributed by atoms with van der Waals surface area (Å²) in [6.07, 6.45) is 0.565. The van der Waals surface area contributed by atoms with Crippen molar-refractivity contribution in [1.29, 1.82) is 0 Å². The van der Waals surface area contributed by atoms with Gasteiger partial charge in [-0.1, -0.05) is 44.2 Å². The first-order valence-electron chi connectivity index (χ1n) is 6.55. The number of aliphatic carboxylic acids is 1. The lowest BCUT2D eigenvalue weighted by Crippen LogP contribution is -2.25. The van der Waals surface area contributed by atoms with E-state index in [-0.39, 0.29) is 6.79 Å². The highest BCUT2D eigenvalue weighted by atomic mass is 16.7. The molecule has 4 heteroatoms. The zero-order valence-electron chi connectivity index (χ0n) is 11.5. The number of carboxylic acid groups (broad SMARTS) is 1. The smallest absolute Gasteiger partial charge is 0.332 e. The number of hydrogen-bond acceptors (Lipinski definition) is 3. The van der Waals surface area contributed by atoms with Crippen LogP contribution < -0.4 is 0 Å². The van der Waals surface area contributed by atoms with E-state index in [0.717, 1.165) is 12.0 Å². The zero-order chi connectivity index (χ0) is 14.1. The van der Waals surface area contributed by atoms with E-state index in [9.17, 15) is 4.79 Å². The van der Waals surface area contributed by atoms with Crippen molar-refractivity contribution in [3.8, 4) is 0 Å².